The molecule has 0 aliphatic rings. The second-order valence-corrected chi connectivity index (χ2v) is 3.32. The number of aromatic nitrogens is 1. The standard InChI is InChI=1S/C11H15NO2/c1-3-5-12-6-4-10(8-12)7-9(2)11(13)14/h4,6-8H,3,5H2,1-2H3,(H,13,14). The summed E-state index contributed by atoms with van der Waals surface area (Å²) in [7, 11) is 0. The van der Waals surface area contributed by atoms with Crippen molar-refractivity contribution in [3.8, 4) is 0 Å². The van der Waals surface area contributed by atoms with Gasteiger partial charge in [0, 0.05) is 24.5 Å². The van der Waals surface area contributed by atoms with E-state index in [4.69, 9.17) is 5.11 Å². The Bertz CT molecular complexity index is 350. The predicted octanol–water partition coefficient (Wildman–Crippen LogP) is 2.39. The fraction of sp³-hybridized carbons (Fsp3) is 0.364. The van der Waals surface area contributed by atoms with Crippen LogP contribution in [0.1, 0.15) is 25.8 Å². The fourth-order valence-corrected chi connectivity index (χ4v) is 1.25. The number of carboxylic acid groups (broad SMARTS) is 1. The van der Waals surface area contributed by atoms with E-state index in [1.165, 1.54) is 0 Å². The Morgan fingerprint density at radius 2 is 2.36 bits per heavy atom. The number of hydrogen-bond donors (Lipinski definition) is 1. The monoisotopic (exact) mass is 193 g/mol. The van der Waals surface area contributed by atoms with Crippen molar-refractivity contribution in [3.05, 3.63) is 29.6 Å². The molecule has 1 aromatic heterocycles. The SMILES string of the molecule is CCCn1ccc(C=C(C)C(=O)O)c1. The summed E-state index contributed by atoms with van der Waals surface area (Å²) < 4.78 is 2.06. The summed E-state index contributed by atoms with van der Waals surface area (Å²) in [6.45, 7) is 4.68. The molecule has 0 aromatic carbocycles. The Morgan fingerprint density at radius 3 is 2.93 bits per heavy atom. The van der Waals surface area contributed by atoms with Gasteiger partial charge in [-0.1, -0.05) is 6.92 Å². The molecule has 3 heteroatoms. The van der Waals surface area contributed by atoms with E-state index < -0.39 is 5.97 Å². The minimum Gasteiger partial charge on any atom is -0.478 e. The molecule has 1 N–H and O–H groups in total. The molecule has 0 spiro atoms. The molecular formula is C11H15NO2. The van der Waals surface area contributed by atoms with Gasteiger partial charge >= 0.3 is 5.97 Å². The Hall–Kier alpha value is -1.51. The van der Waals surface area contributed by atoms with Gasteiger partial charge in [0.1, 0.15) is 0 Å². The van der Waals surface area contributed by atoms with Crippen LogP contribution in [0.4, 0.5) is 0 Å². The molecule has 0 aliphatic heterocycles. The molecule has 0 aliphatic carbocycles. The van der Waals surface area contributed by atoms with Gasteiger partial charge in [-0.3, -0.25) is 0 Å². The smallest absolute Gasteiger partial charge is 0.331 e. The summed E-state index contributed by atoms with van der Waals surface area (Å²) in [5, 5.41) is 8.68. The van der Waals surface area contributed by atoms with Crippen LogP contribution in [-0.2, 0) is 11.3 Å². The van der Waals surface area contributed by atoms with Crippen LogP contribution in [0, 0.1) is 0 Å². The quantitative estimate of drug-likeness (QED) is 0.746. The minimum atomic E-state index is -0.867. The lowest BCUT2D eigenvalue weighted by atomic mass is 10.2. The van der Waals surface area contributed by atoms with E-state index >= 15 is 0 Å². The van der Waals surface area contributed by atoms with Crippen LogP contribution in [0.3, 0.4) is 0 Å². The van der Waals surface area contributed by atoms with Gasteiger partial charge < -0.3 is 9.67 Å². The molecule has 1 heterocycles. The zero-order valence-corrected chi connectivity index (χ0v) is 8.53. The van der Waals surface area contributed by atoms with E-state index in [0.717, 1.165) is 18.5 Å². The van der Waals surface area contributed by atoms with Crippen molar-refractivity contribution in [1.29, 1.82) is 0 Å². The Labute approximate surface area is 83.7 Å². The molecule has 0 saturated heterocycles. The lowest BCUT2D eigenvalue weighted by Crippen LogP contribution is -1.95. The first-order valence-corrected chi connectivity index (χ1v) is 4.71. The largest absolute Gasteiger partial charge is 0.478 e. The number of rotatable bonds is 4. The van der Waals surface area contributed by atoms with Gasteiger partial charge in [-0.15, -0.1) is 0 Å². The van der Waals surface area contributed by atoms with Crippen molar-refractivity contribution >= 4 is 12.0 Å². The third-order valence-electron chi connectivity index (χ3n) is 1.98. The van der Waals surface area contributed by atoms with Crippen LogP contribution in [-0.4, -0.2) is 15.6 Å². The molecule has 14 heavy (non-hydrogen) atoms. The summed E-state index contributed by atoms with van der Waals surface area (Å²) >= 11 is 0. The van der Waals surface area contributed by atoms with Crippen molar-refractivity contribution in [1.82, 2.24) is 4.57 Å². The van der Waals surface area contributed by atoms with Crippen LogP contribution < -0.4 is 0 Å². The molecule has 1 rings (SSSR count). The van der Waals surface area contributed by atoms with E-state index in [0.29, 0.717) is 5.57 Å². The zero-order chi connectivity index (χ0) is 10.6. The van der Waals surface area contributed by atoms with E-state index in [2.05, 4.69) is 11.5 Å². The summed E-state index contributed by atoms with van der Waals surface area (Å²) in [4.78, 5) is 10.6. The molecular weight excluding hydrogens is 178 g/mol. The minimum absolute atomic E-state index is 0.360. The fourth-order valence-electron chi connectivity index (χ4n) is 1.25. The molecule has 0 atom stereocenters. The second-order valence-electron chi connectivity index (χ2n) is 3.32. The van der Waals surface area contributed by atoms with E-state index in [1.807, 2.05) is 18.5 Å². The summed E-state index contributed by atoms with van der Waals surface area (Å²) in [6, 6.07) is 1.92. The van der Waals surface area contributed by atoms with Gasteiger partial charge in [-0.05, 0) is 31.1 Å². The highest BCUT2D eigenvalue weighted by Gasteiger charge is 2.00. The predicted molar refractivity (Wildman–Crippen MR) is 56.0 cm³/mol. The number of carbonyl (C=O) groups is 1. The van der Waals surface area contributed by atoms with E-state index in [1.54, 1.807) is 13.0 Å². The number of aryl methyl sites for hydroxylation is 1. The average Bonchev–Trinajstić information content (AvgIpc) is 2.53. The number of nitrogens with zero attached hydrogens (tertiary/aromatic N) is 1. The van der Waals surface area contributed by atoms with Gasteiger partial charge in [-0.25, -0.2) is 4.79 Å². The van der Waals surface area contributed by atoms with Crippen molar-refractivity contribution in [2.45, 2.75) is 26.8 Å². The van der Waals surface area contributed by atoms with Crippen LogP contribution in [0.25, 0.3) is 6.08 Å². The number of carboxylic acids is 1. The molecule has 76 valence electrons. The molecule has 0 bridgehead atoms. The Morgan fingerprint density at radius 1 is 1.64 bits per heavy atom. The van der Waals surface area contributed by atoms with Crippen molar-refractivity contribution in [3.63, 3.8) is 0 Å². The maximum absolute atomic E-state index is 10.6. The first-order valence-electron chi connectivity index (χ1n) is 4.71. The summed E-state index contributed by atoms with van der Waals surface area (Å²) in [6.07, 6.45) is 6.67. The normalized spacial score (nSPS) is 11.7. The van der Waals surface area contributed by atoms with Crippen molar-refractivity contribution in [2.75, 3.05) is 0 Å². The molecule has 0 radical (unpaired) electrons. The summed E-state index contributed by atoms with van der Waals surface area (Å²) in [5.41, 5.74) is 1.30. The molecule has 0 fully saturated rings. The lowest BCUT2D eigenvalue weighted by Gasteiger charge is -1.96. The maximum Gasteiger partial charge on any atom is 0.331 e. The van der Waals surface area contributed by atoms with Gasteiger partial charge in [0.2, 0.25) is 0 Å². The highest BCUT2D eigenvalue weighted by atomic mass is 16.4. The van der Waals surface area contributed by atoms with E-state index in [-0.39, 0.29) is 0 Å². The van der Waals surface area contributed by atoms with E-state index in [9.17, 15) is 4.79 Å². The highest BCUT2D eigenvalue weighted by Crippen LogP contribution is 2.08. The van der Waals surface area contributed by atoms with Gasteiger partial charge in [0.15, 0.2) is 0 Å². The van der Waals surface area contributed by atoms with Crippen LogP contribution in [0.5, 0.6) is 0 Å². The molecule has 3 nitrogen and oxygen atoms in total. The topological polar surface area (TPSA) is 42.2 Å². The summed E-state index contributed by atoms with van der Waals surface area (Å²) in [5.74, 6) is -0.867. The van der Waals surface area contributed by atoms with Crippen LogP contribution in [0.15, 0.2) is 24.0 Å². The Kier molecular flexibility index (Phi) is 3.51. The first kappa shape index (κ1) is 10.6. The average molecular weight is 193 g/mol. The number of aliphatic carboxylic acids is 1. The lowest BCUT2D eigenvalue weighted by molar-refractivity contribution is -0.132. The molecule has 0 unspecified atom stereocenters. The number of hydrogen-bond acceptors (Lipinski definition) is 1. The van der Waals surface area contributed by atoms with Crippen molar-refractivity contribution in [2.24, 2.45) is 0 Å². The van der Waals surface area contributed by atoms with Crippen LogP contribution in [0.2, 0.25) is 0 Å². The van der Waals surface area contributed by atoms with Crippen molar-refractivity contribution < 1.29 is 9.90 Å². The second kappa shape index (κ2) is 4.65. The van der Waals surface area contributed by atoms with Gasteiger partial charge in [0.25, 0.3) is 0 Å². The maximum atomic E-state index is 10.6. The third-order valence-corrected chi connectivity index (χ3v) is 1.98. The third kappa shape index (κ3) is 2.76. The highest BCUT2D eigenvalue weighted by molar-refractivity contribution is 5.91. The van der Waals surface area contributed by atoms with Gasteiger partial charge in [-0.2, -0.15) is 0 Å². The first-order chi connectivity index (χ1) is 6.63. The molecule has 0 saturated carbocycles. The zero-order valence-electron chi connectivity index (χ0n) is 8.53. The molecule has 1 aromatic rings. The molecule has 0 amide bonds. The van der Waals surface area contributed by atoms with Gasteiger partial charge in [0.05, 0.1) is 0 Å². The van der Waals surface area contributed by atoms with Crippen LogP contribution >= 0.6 is 0 Å². The Balaban J connectivity index is 2.77.